The highest BCUT2D eigenvalue weighted by Crippen LogP contribution is 2.30. The number of rotatable bonds is 2. The molecule has 0 spiro atoms. The fourth-order valence-electron chi connectivity index (χ4n) is 1.95. The summed E-state index contributed by atoms with van der Waals surface area (Å²) in [6, 6.07) is 13.7. The molecule has 0 saturated carbocycles. The molecule has 5 heteroatoms. The lowest BCUT2D eigenvalue weighted by molar-refractivity contribution is 0.400. The highest BCUT2D eigenvalue weighted by Gasteiger charge is 2.11. The van der Waals surface area contributed by atoms with Gasteiger partial charge >= 0.3 is 0 Å². The molecule has 20 heavy (non-hydrogen) atoms. The number of ether oxygens (including phenoxy) is 1. The maximum absolute atomic E-state index is 5.38. The number of methoxy groups -OCH3 is 1. The zero-order valence-electron chi connectivity index (χ0n) is 10.6. The second kappa shape index (κ2) is 5.50. The molecule has 0 bridgehead atoms. The summed E-state index contributed by atoms with van der Waals surface area (Å²) >= 11 is 6.87. The maximum atomic E-state index is 5.38. The molecule has 0 aliphatic rings. The number of aromatic nitrogens is 2. The minimum atomic E-state index is 0.526. The molecule has 3 aromatic rings. The van der Waals surface area contributed by atoms with E-state index in [-0.39, 0.29) is 0 Å². The summed E-state index contributed by atoms with van der Waals surface area (Å²) < 4.78 is 7.37. The van der Waals surface area contributed by atoms with Crippen LogP contribution >= 0.6 is 31.9 Å². The van der Waals surface area contributed by atoms with E-state index in [2.05, 4.69) is 41.8 Å². The minimum Gasteiger partial charge on any atom is -0.479 e. The third-order valence-corrected chi connectivity index (χ3v) is 3.93. The van der Waals surface area contributed by atoms with Crippen LogP contribution in [0.2, 0.25) is 0 Å². The third kappa shape index (κ3) is 2.55. The fraction of sp³-hybridized carbons (Fsp3) is 0.0667. The topological polar surface area (TPSA) is 35.0 Å². The normalized spacial score (nSPS) is 10.8. The van der Waals surface area contributed by atoms with Crippen molar-refractivity contribution in [1.82, 2.24) is 9.97 Å². The fourth-order valence-corrected chi connectivity index (χ4v) is 2.56. The third-order valence-electron chi connectivity index (χ3n) is 2.91. The van der Waals surface area contributed by atoms with E-state index in [9.17, 15) is 0 Å². The summed E-state index contributed by atoms with van der Waals surface area (Å²) in [5.41, 5.74) is 3.36. The zero-order valence-corrected chi connectivity index (χ0v) is 13.8. The first-order valence-corrected chi connectivity index (χ1v) is 7.53. The molecule has 0 aliphatic heterocycles. The van der Waals surface area contributed by atoms with E-state index in [0.29, 0.717) is 5.88 Å². The lowest BCUT2D eigenvalue weighted by Gasteiger charge is -2.09. The molecule has 3 nitrogen and oxygen atoms in total. The average Bonchev–Trinajstić information content (AvgIpc) is 2.46. The Bertz CT molecular complexity index is 773. The van der Waals surface area contributed by atoms with Gasteiger partial charge in [-0.2, -0.15) is 0 Å². The quantitative estimate of drug-likeness (QED) is 0.625. The molecule has 0 fully saturated rings. The van der Waals surface area contributed by atoms with Gasteiger partial charge in [0.2, 0.25) is 5.88 Å². The van der Waals surface area contributed by atoms with Gasteiger partial charge in [-0.1, -0.05) is 44.0 Å². The summed E-state index contributed by atoms with van der Waals surface area (Å²) in [5, 5.41) is 0. The number of hydrogen-bond acceptors (Lipinski definition) is 3. The van der Waals surface area contributed by atoms with Crippen LogP contribution in [0.4, 0.5) is 0 Å². The van der Waals surface area contributed by atoms with Gasteiger partial charge in [0.15, 0.2) is 0 Å². The van der Waals surface area contributed by atoms with Gasteiger partial charge in [0.05, 0.1) is 18.1 Å². The number of hydrogen-bond donors (Lipinski definition) is 0. The number of benzene rings is 2. The van der Waals surface area contributed by atoms with Crippen LogP contribution in [0.3, 0.4) is 0 Å². The molecule has 0 atom stereocenters. The number of fused-ring (bicyclic) bond motifs is 1. The molecule has 3 rings (SSSR count). The van der Waals surface area contributed by atoms with Crippen molar-refractivity contribution in [2.45, 2.75) is 0 Å². The molecule has 0 saturated heterocycles. The summed E-state index contributed by atoms with van der Waals surface area (Å²) in [4.78, 5) is 9.19. The van der Waals surface area contributed by atoms with Gasteiger partial charge in [0.1, 0.15) is 5.69 Å². The van der Waals surface area contributed by atoms with E-state index in [4.69, 9.17) is 4.74 Å². The number of halogens is 2. The van der Waals surface area contributed by atoms with Crippen molar-refractivity contribution in [3.8, 4) is 17.1 Å². The Labute approximate surface area is 133 Å². The van der Waals surface area contributed by atoms with Crippen LogP contribution in [-0.2, 0) is 0 Å². The lowest BCUT2D eigenvalue weighted by atomic mass is 10.1. The van der Waals surface area contributed by atoms with Crippen molar-refractivity contribution >= 4 is 42.9 Å². The van der Waals surface area contributed by atoms with Crippen LogP contribution in [0.1, 0.15) is 0 Å². The summed E-state index contributed by atoms with van der Waals surface area (Å²) in [6.45, 7) is 0. The highest BCUT2D eigenvalue weighted by atomic mass is 79.9. The van der Waals surface area contributed by atoms with Crippen molar-refractivity contribution in [2.24, 2.45) is 0 Å². The summed E-state index contributed by atoms with van der Waals surface area (Å²) in [7, 11) is 1.61. The Hall–Kier alpha value is -1.46. The van der Waals surface area contributed by atoms with Crippen LogP contribution in [0, 0.1) is 0 Å². The number of nitrogens with zero attached hydrogens (tertiary/aromatic N) is 2. The van der Waals surface area contributed by atoms with E-state index in [0.717, 1.165) is 31.2 Å². The largest absolute Gasteiger partial charge is 0.479 e. The van der Waals surface area contributed by atoms with Gasteiger partial charge in [0.25, 0.3) is 0 Å². The monoisotopic (exact) mass is 392 g/mol. The molecule has 0 unspecified atom stereocenters. The van der Waals surface area contributed by atoms with Crippen LogP contribution < -0.4 is 4.74 Å². The smallest absolute Gasteiger partial charge is 0.240 e. The van der Waals surface area contributed by atoms with Crippen LogP contribution in [0.15, 0.2) is 51.4 Å². The summed E-state index contributed by atoms with van der Waals surface area (Å²) in [5.74, 6) is 0.526. The average molecular weight is 394 g/mol. The second-order valence-corrected chi connectivity index (χ2v) is 6.05. The van der Waals surface area contributed by atoms with E-state index in [1.165, 1.54) is 0 Å². The molecule has 0 aliphatic carbocycles. The SMILES string of the molecule is COc1nc2cc(Br)ccc2nc1-c1ccc(Br)cc1. The molecular formula is C15H10Br2N2O. The van der Waals surface area contributed by atoms with Gasteiger partial charge < -0.3 is 4.74 Å². The molecule has 0 amide bonds. The van der Waals surface area contributed by atoms with Crippen molar-refractivity contribution < 1.29 is 4.74 Å². The zero-order chi connectivity index (χ0) is 14.1. The van der Waals surface area contributed by atoms with Crippen LogP contribution in [0.25, 0.3) is 22.3 Å². The van der Waals surface area contributed by atoms with Crippen LogP contribution in [0.5, 0.6) is 5.88 Å². The van der Waals surface area contributed by atoms with Gasteiger partial charge in [-0.3, -0.25) is 0 Å². The molecule has 100 valence electrons. The van der Waals surface area contributed by atoms with E-state index < -0.39 is 0 Å². The van der Waals surface area contributed by atoms with Gasteiger partial charge in [-0.15, -0.1) is 0 Å². The molecule has 2 aromatic carbocycles. The first kappa shape index (κ1) is 13.5. The van der Waals surface area contributed by atoms with E-state index >= 15 is 0 Å². The molecular weight excluding hydrogens is 384 g/mol. The Kier molecular flexibility index (Phi) is 3.72. The minimum absolute atomic E-state index is 0.526. The molecule has 0 N–H and O–H groups in total. The van der Waals surface area contributed by atoms with Crippen LogP contribution in [-0.4, -0.2) is 17.1 Å². The Morgan fingerprint density at radius 2 is 1.55 bits per heavy atom. The Morgan fingerprint density at radius 1 is 0.850 bits per heavy atom. The van der Waals surface area contributed by atoms with Crippen molar-refractivity contribution in [2.75, 3.05) is 7.11 Å². The van der Waals surface area contributed by atoms with Crippen molar-refractivity contribution in [3.05, 3.63) is 51.4 Å². The van der Waals surface area contributed by atoms with E-state index in [1.54, 1.807) is 7.11 Å². The van der Waals surface area contributed by atoms with Gasteiger partial charge in [0, 0.05) is 14.5 Å². The Balaban J connectivity index is 2.23. The van der Waals surface area contributed by atoms with E-state index in [1.807, 2.05) is 42.5 Å². The maximum Gasteiger partial charge on any atom is 0.240 e. The van der Waals surface area contributed by atoms with Gasteiger partial charge in [-0.05, 0) is 30.3 Å². The lowest BCUT2D eigenvalue weighted by Crippen LogP contribution is -1.96. The molecule has 1 aromatic heterocycles. The predicted molar refractivity (Wildman–Crippen MR) is 86.9 cm³/mol. The van der Waals surface area contributed by atoms with Crippen molar-refractivity contribution in [3.63, 3.8) is 0 Å². The predicted octanol–water partition coefficient (Wildman–Crippen LogP) is 4.83. The first-order chi connectivity index (χ1) is 9.67. The molecule has 0 radical (unpaired) electrons. The summed E-state index contributed by atoms with van der Waals surface area (Å²) in [6.07, 6.45) is 0. The standard InChI is InChI=1S/C15H10Br2N2O/c1-20-15-14(9-2-4-10(16)5-3-9)18-12-7-6-11(17)8-13(12)19-15/h2-8H,1H3. The second-order valence-electron chi connectivity index (χ2n) is 4.22. The first-order valence-electron chi connectivity index (χ1n) is 5.94. The van der Waals surface area contributed by atoms with Crippen molar-refractivity contribution in [1.29, 1.82) is 0 Å². The highest BCUT2D eigenvalue weighted by molar-refractivity contribution is 9.10. The molecule has 1 heterocycles. The Morgan fingerprint density at radius 3 is 2.25 bits per heavy atom. The van der Waals surface area contributed by atoms with Gasteiger partial charge in [-0.25, -0.2) is 9.97 Å².